The number of carbonyl (C=O) groups is 1. The molecule has 0 fully saturated rings. The molecule has 1 aromatic heterocycles. The number of rotatable bonds is 5. The van der Waals surface area contributed by atoms with Gasteiger partial charge in [0.2, 0.25) is 0 Å². The first kappa shape index (κ1) is 14.7. The molecule has 0 spiro atoms. The maximum atomic E-state index is 12.1. The smallest absolute Gasteiger partial charge is 0.278 e. The van der Waals surface area contributed by atoms with Gasteiger partial charge in [-0.25, -0.2) is 0 Å². The second kappa shape index (κ2) is 6.17. The minimum absolute atomic E-state index is 0.186. The van der Waals surface area contributed by atoms with Gasteiger partial charge in [-0.3, -0.25) is 9.48 Å². The van der Waals surface area contributed by atoms with E-state index in [1.807, 2.05) is 6.92 Å². The van der Waals surface area contributed by atoms with Crippen LogP contribution < -0.4 is 20.5 Å². The topological polar surface area (TPSA) is 91.4 Å². The van der Waals surface area contributed by atoms with Crippen LogP contribution in [0.5, 0.6) is 11.5 Å². The van der Waals surface area contributed by atoms with E-state index >= 15 is 0 Å². The highest BCUT2D eigenvalue weighted by Crippen LogP contribution is 2.30. The number of anilines is 2. The molecule has 112 valence electrons. The predicted octanol–water partition coefficient (Wildman–Crippen LogP) is 1.66. The summed E-state index contributed by atoms with van der Waals surface area (Å²) in [6.07, 6.45) is 1.58. The Kier molecular flexibility index (Phi) is 4.32. The zero-order valence-electron chi connectivity index (χ0n) is 12.2. The van der Waals surface area contributed by atoms with Crippen LogP contribution >= 0.6 is 0 Å². The van der Waals surface area contributed by atoms with Crippen molar-refractivity contribution in [3.63, 3.8) is 0 Å². The normalized spacial score (nSPS) is 10.2. The zero-order chi connectivity index (χ0) is 15.4. The van der Waals surface area contributed by atoms with Gasteiger partial charge in [-0.05, 0) is 19.1 Å². The van der Waals surface area contributed by atoms with Gasteiger partial charge >= 0.3 is 0 Å². The van der Waals surface area contributed by atoms with Crippen LogP contribution in [0.15, 0.2) is 24.4 Å². The lowest BCUT2D eigenvalue weighted by Gasteiger charge is -2.11. The Bertz CT molecular complexity index is 652. The molecule has 0 saturated heterocycles. The number of carbonyl (C=O) groups excluding carboxylic acids is 1. The summed E-state index contributed by atoms with van der Waals surface area (Å²) >= 11 is 0. The number of nitrogens with zero attached hydrogens (tertiary/aromatic N) is 2. The number of amides is 1. The van der Waals surface area contributed by atoms with Crippen molar-refractivity contribution in [3.05, 3.63) is 30.1 Å². The third kappa shape index (κ3) is 3.25. The molecule has 2 rings (SSSR count). The van der Waals surface area contributed by atoms with Crippen molar-refractivity contribution in [2.24, 2.45) is 7.05 Å². The number of nitrogens with two attached hydrogens (primary N) is 1. The lowest BCUT2D eigenvalue weighted by Crippen LogP contribution is -2.14. The third-order valence-electron chi connectivity index (χ3n) is 2.79. The predicted molar refractivity (Wildman–Crippen MR) is 79.7 cm³/mol. The van der Waals surface area contributed by atoms with E-state index in [9.17, 15) is 4.79 Å². The average molecular weight is 290 g/mol. The Morgan fingerprint density at radius 1 is 1.43 bits per heavy atom. The summed E-state index contributed by atoms with van der Waals surface area (Å²) in [5.41, 5.74) is 6.81. The molecule has 3 N–H and O–H groups in total. The minimum atomic E-state index is -0.376. The SMILES string of the molecule is CCOc1ccc(NC(=O)c2nn(C)cc2N)cc1OC. The van der Waals surface area contributed by atoms with E-state index in [1.54, 1.807) is 38.6 Å². The Hall–Kier alpha value is -2.70. The molecule has 0 saturated carbocycles. The fraction of sp³-hybridized carbons (Fsp3) is 0.286. The summed E-state index contributed by atoms with van der Waals surface area (Å²) < 4.78 is 12.1. The highest BCUT2D eigenvalue weighted by molar-refractivity contribution is 6.06. The Balaban J connectivity index is 2.19. The molecule has 1 aromatic carbocycles. The molecule has 0 unspecified atom stereocenters. The lowest BCUT2D eigenvalue weighted by atomic mass is 10.2. The Labute approximate surface area is 122 Å². The molecular formula is C14H18N4O3. The molecule has 0 aliphatic rings. The molecule has 2 aromatic rings. The van der Waals surface area contributed by atoms with Crippen molar-refractivity contribution in [2.75, 3.05) is 24.8 Å². The molecule has 1 amide bonds. The van der Waals surface area contributed by atoms with Gasteiger partial charge < -0.3 is 20.5 Å². The quantitative estimate of drug-likeness (QED) is 0.874. The van der Waals surface area contributed by atoms with Gasteiger partial charge in [0.1, 0.15) is 0 Å². The van der Waals surface area contributed by atoms with Crippen molar-refractivity contribution >= 4 is 17.3 Å². The van der Waals surface area contributed by atoms with Gasteiger partial charge in [0.15, 0.2) is 17.2 Å². The van der Waals surface area contributed by atoms with E-state index in [0.717, 1.165) is 0 Å². The van der Waals surface area contributed by atoms with Crippen LogP contribution in [-0.2, 0) is 7.05 Å². The van der Waals surface area contributed by atoms with E-state index in [0.29, 0.717) is 29.5 Å². The standard InChI is InChI=1S/C14H18N4O3/c1-4-21-11-6-5-9(7-12(11)20-3)16-14(19)13-10(15)8-18(2)17-13/h5-8H,4,15H2,1-3H3,(H,16,19). The van der Waals surface area contributed by atoms with Crippen molar-refractivity contribution < 1.29 is 14.3 Å². The largest absolute Gasteiger partial charge is 0.493 e. The number of nitrogen functional groups attached to an aromatic ring is 1. The molecule has 0 aliphatic carbocycles. The molecule has 0 bridgehead atoms. The summed E-state index contributed by atoms with van der Waals surface area (Å²) in [5.74, 6) is 0.790. The maximum absolute atomic E-state index is 12.1. The highest BCUT2D eigenvalue weighted by Gasteiger charge is 2.15. The number of nitrogens with one attached hydrogen (secondary N) is 1. The van der Waals surface area contributed by atoms with Crippen LogP contribution in [0, 0.1) is 0 Å². The van der Waals surface area contributed by atoms with E-state index in [4.69, 9.17) is 15.2 Å². The molecule has 7 heteroatoms. The van der Waals surface area contributed by atoms with Gasteiger partial charge in [-0.15, -0.1) is 0 Å². The monoisotopic (exact) mass is 290 g/mol. The van der Waals surface area contributed by atoms with Crippen molar-refractivity contribution in [2.45, 2.75) is 6.92 Å². The lowest BCUT2D eigenvalue weighted by molar-refractivity contribution is 0.102. The second-order valence-electron chi connectivity index (χ2n) is 4.36. The zero-order valence-corrected chi connectivity index (χ0v) is 12.2. The molecule has 0 radical (unpaired) electrons. The van der Waals surface area contributed by atoms with Crippen LogP contribution in [0.4, 0.5) is 11.4 Å². The summed E-state index contributed by atoms with van der Waals surface area (Å²) in [6.45, 7) is 2.42. The van der Waals surface area contributed by atoms with Gasteiger partial charge in [0.05, 0.1) is 19.4 Å². The van der Waals surface area contributed by atoms with E-state index in [1.165, 1.54) is 4.68 Å². The Morgan fingerprint density at radius 3 is 2.76 bits per heavy atom. The van der Waals surface area contributed by atoms with Crippen molar-refractivity contribution in [1.29, 1.82) is 0 Å². The minimum Gasteiger partial charge on any atom is -0.493 e. The van der Waals surface area contributed by atoms with Gasteiger partial charge in [-0.2, -0.15) is 5.10 Å². The third-order valence-corrected chi connectivity index (χ3v) is 2.79. The number of benzene rings is 1. The molecule has 0 aliphatic heterocycles. The summed E-state index contributed by atoms with van der Waals surface area (Å²) in [4.78, 5) is 12.1. The van der Waals surface area contributed by atoms with Gasteiger partial charge in [-0.1, -0.05) is 0 Å². The van der Waals surface area contributed by atoms with Crippen LogP contribution in [0.2, 0.25) is 0 Å². The fourth-order valence-corrected chi connectivity index (χ4v) is 1.89. The Morgan fingerprint density at radius 2 is 2.19 bits per heavy atom. The van der Waals surface area contributed by atoms with Crippen LogP contribution in [0.3, 0.4) is 0 Å². The highest BCUT2D eigenvalue weighted by atomic mass is 16.5. The second-order valence-corrected chi connectivity index (χ2v) is 4.36. The number of hydrogen-bond donors (Lipinski definition) is 2. The van der Waals surface area contributed by atoms with Crippen LogP contribution in [0.1, 0.15) is 17.4 Å². The number of methoxy groups -OCH3 is 1. The van der Waals surface area contributed by atoms with E-state index < -0.39 is 0 Å². The molecule has 7 nitrogen and oxygen atoms in total. The van der Waals surface area contributed by atoms with Crippen molar-refractivity contribution in [1.82, 2.24) is 9.78 Å². The molecule has 1 heterocycles. The van der Waals surface area contributed by atoms with Crippen molar-refractivity contribution in [3.8, 4) is 11.5 Å². The molecule has 0 atom stereocenters. The summed E-state index contributed by atoms with van der Waals surface area (Å²) in [5, 5.41) is 6.75. The maximum Gasteiger partial charge on any atom is 0.278 e. The average Bonchev–Trinajstić information content (AvgIpc) is 2.79. The van der Waals surface area contributed by atoms with E-state index in [2.05, 4.69) is 10.4 Å². The summed E-state index contributed by atoms with van der Waals surface area (Å²) in [6, 6.07) is 5.15. The molecular weight excluding hydrogens is 272 g/mol. The number of hydrogen-bond acceptors (Lipinski definition) is 5. The van der Waals surface area contributed by atoms with E-state index in [-0.39, 0.29) is 11.6 Å². The molecule has 21 heavy (non-hydrogen) atoms. The number of aromatic nitrogens is 2. The number of aryl methyl sites for hydroxylation is 1. The van der Waals surface area contributed by atoms with Crippen LogP contribution in [0.25, 0.3) is 0 Å². The van der Waals surface area contributed by atoms with Gasteiger partial charge in [0.25, 0.3) is 5.91 Å². The fourth-order valence-electron chi connectivity index (χ4n) is 1.89. The van der Waals surface area contributed by atoms with Crippen LogP contribution in [-0.4, -0.2) is 29.4 Å². The first-order chi connectivity index (χ1) is 10.0. The first-order valence-electron chi connectivity index (χ1n) is 6.46. The van der Waals surface area contributed by atoms with Gasteiger partial charge in [0, 0.05) is 25.0 Å². The summed E-state index contributed by atoms with van der Waals surface area (Å²) in [7, 11) is 3.24. The number of ether oxygens (including phenoxy) is 2. The first-order valence-corrected chi connectivity index (χ1v) is 6.46.